The van der Waals surface area contributed by atoms with Crippen molar-refractivity contribution in [2.45, 2.75) is 57.4 Å². The number of piperidine rings is 2. The van der Waals surface area contributed by atoms with Crippen LogP contribution in [0.4, 0.5) is 0 Å². The van der Waals surface area contributed by atoms with E-state index in [2.05, 4.69) is 10.6 Å². The Labute approximate surface area is 161 Å². The Hall–Kier alpha value is -1.63. The molecule has 0 unspecified atom stereocenters. The van der Waals surface area contributed by atoms with E-state index in [1.807, 2.05) is 4.90 Å². The predicted octanol–water partition coefficient (Wildman–Crippen LogP) is 1.07. The average molecular weight is 380 g/mol. The van der Waals surface area contributed by atoms with E-state index in [4.69, 9.17) is 4.74 Å². The maximum absolute atomic E-state index is 12.6. The molecule has 2 N–H and O–H groups in total. The number of amides is 2. The number of hydrogen-bond donors (Lipinski definition) is 2. The van der Waals surface area contributed by atoms with Crippen LogP contribution in [0.3, 0.4) is 0 Å². The third-order valence-corrected chi connectivity index (χ3v) is 6.47. The van der Waals surface area contributed by atoms with E-state index in [-0.39, 0.29) is 41.6 Å². The van der Waals surface area contributed by atoms with E-state index in [1.54, 1.807) is 0 Å². The molecule has 2 aliphatic heterocycles. The molecule has 0 atom stereocenters. The predicted molar refractivity (Wildman–Crippen MR) is 101 cm³/mol. The minimum atomic E-state index is -0.134. The number of carbonyl (C=O) groups excluding carboxylic acids is 3. The van der Waals surface area contributed by atoms with Gasteiger partial charge in [0.05, 0.1) is 13.0 Å². The van der Waals surface area contributed by atoms with Crippen LogP contribution in [0.25, 0.3) is 0 Å². The summed E-state index contributed by atoms with van der Waals surface area (Å²) in [7, 11) is 1.43. The second-order valence-corrected chi connectivity index (χ2v) is 8.20. The molecule has 0 aromatic heterocycles. The maximum atomic E-state index is 12.6. The SMILES string of the molecule is COC(=O)C1CCC(NC(=O)C2CCN(C(=O)C3CCNCC3)CC2)CC1. The van der Waals surface area contributed by atoms with Gasteiger partial charge in [0.1, 0.15) is 0 Å². The van der Waals surface area contributed by atoms with Gasteiger partial charge in [-0.05, 0) is 64.5 Å². The molecule has 7 nitrogen and oxygen atoms in total. The van der Waals surface area contributed by atoms with Crippen LogP contribution in [-0.2, 0) is 19.1 Å². The van der Waals surface area contributed by atoms with Crippen molar-refractivity contribution in [1.82, 2.24) is 15.5 Å². The van der Waals surface area contributed by atoms with Crippen LogP contribution in [0.15, 0.2) is 0 Å². The number of rotatable bonds is 4. The molecule has 7 heteroatoms. The largest absolute Gasteiger partial charge is 0.469 e. The van der Waals surface area contributed by atoms with Crippen molar-refractivity contribution < 1.29 is 19.1 Å². The van der Waals surface area contributed by atoms with Crippen molar-refractivity contribution in [2.75, 3.05) is 33.3 Å². The molecular weight excluding hydrogens is 346 g/mol. The number of nitrogens with zero attached hydrogens (tertiary/aromatic N) is 1. The highest BCUT2D eigenvalue weighted by molar-refractivity contribution is 5.81. The first-order valence-electron chi connectivity index (χ1n) is 10.5. The Morgan fingerprint density at radius 2 is 1.48 bits per heavy atom. The van der Waals surface area contributed by atoms with Crippen LogP contribution in [0.1, 0.15) is 51.4 Å². The van der Waals surface area contributed by atoms with Gasteiger partial charge in [-0.3, -0.25) is 14.4 Å². The Balaban J connectivity index is 1.38. The van der Waals surface area contributed by atoms with Crippen LogP contribution in [-0.4, -0.2) is 62.0 Å². The van der Waals surface area contributed by atoms with E-state index >= 15 is 0 Å². The number of carbonyl (C=O) groups is 3. The molecule has 0 aromatic rings. The highest BCUT2D eigenvalue weighted by atomic mass is 16.5. The summed E-state index contributed by atoms with van der Waals surface area (Å²) < 4.78 is 4.81. The molecule has 3 aliphatic rings. The van der Waals surface area contributed by atoms with Crippen LogP contribution < -0.4 is 10.6 Å². The fourth-order valence-corrected chi connectivity index (χ4v) is 4.65. The van der Waals surface area contributed by atoms with E-state index in [1.165, 1.54) is 7.11 Å². The number of methoxy groups -OCH3 is 1. The van der Waals surface area contributed by atoms with Crippen LogP contribution >= 0.6 is 0 Å². The van der Waals surface area contributed by atoms with Gasteiger partial charge in [0.15, 0.2) is 0 Å². The molecule has 3 fully saturated rings. The summed E-state index contributed by atoms with van der Waals surface area (Å²) in [5.41, 5.74) is 0. The Morgan fingerprint density at radius 1 is 0.852 bits per heavy atom. The summed E-state index contributed by atoms with van der Waals surface area (Å²) in [6.07, 6.45) is 6.57. The normalized spacial score (nSPS) is 27.8. The third kappa shape index (κ3) is 5.21. The molecule has 152 valence electrons. The molecule has 0 spiro atoms. The van der Waals surface area contributed by atoms with Gasteiger partial charge in [0, 0.05) is 31.0 Å². The van der Waals surface area contributed by atoms with Crippen molar-refractivity contribution in [3.63, 3.8) is 0 Å². The van der Waals surface area contributed by atoms with Crippen molar-refractivity contribution in [1.29, 1.82) is 0 Å². The van der Waals surface area contributed by atoms with Crippen LogP contribution in [0.2, 0.25) is 0 Å². The zero-order chi connectivity index (χ0) is 19.2. The molecule has 1 saturated carbocycles. The first kappa shape index (κ1) is 20.1. The molecular formula is C20H33N3O4. The fourth-order valence-electron chi connectivity index (χ4n) is 4.65. The van der Waals surface area contributed by atoms with Crippen molar-refractivity contribution >= 4 is 17.8 Å². The first-order chi connectivity index (χ1) is 13.1. The first-order valence-corrected chi connectivity index (χ1v) is 10.5. The topological polar surface area (TPSA) is 87.7 Å². The number of esters is 1. The van der Waals surface area contributed by atoms with E-state index in [0.717, 1.165) is 64.5 Å². The molecule has 0 radical (unpaired) electrons. The second kappa shape index (κ2) is 9.53. The van der Waals surface area contributed by atoms with E-state index in [0.29, 0.717) is 13.1 Å². The molecule has 3 rings (SSSR count). The van der Waals surface area contributed by atoms with Gasteiger partial charge in [0.2, 0.25) is 11.8 Å². The van der Waals surface area contributed by atoms with Crippen molar-refractivity contribution in [3.8, 4) is 0 Å². The lowest BCUT2D eigenvalue weighted by Gasteiger charge is -2.35. The zero-order valence-electron chi connectivity index (χ0n) is 16.4. The summed E-state index contributed by atoms with van der Waals surface area (Å²) >= 11 is 0. The number of likely N-dealkylation sites (tertiary alicyclic amines) is 1. The van der Waals surface area contributed by atoms with Gasteiger partial charge < -0.3 is 20.3 Å². The minimum absolute atomic E-state index is 0.000373. The number of ether oxygens (including phenoxy) is 1. The third-order valence-electron chi connectivity index (χ3n) is 6.47. The van der Waals surface area contributed by atoms with Gasteiger partial charge in [-0.25, -0.2) is 0 Å². The summed E-state index contributed by atoms with van der Waals surface area (Å²) in [5, 5.41) is 6.47. The van der Waals surface area contributed by atoms with Gasteiger partial charge in [-0.2, -0.15) is 0 Å². The summed E-state index contributed by atoms with van der Waals surface area (Å²) in [6.45, 7) is 3.23. The van der Waals surface area contributed by atoms with Crippen LogP contribution in [0, 0.1) is 17.8 Å². The summed E-state index contributed by atoms with van der Waals surface area (Å²) in [4.78, 5) is 38.8. The fraction of sp³-hybridized carbons (Fsp3) is 0.850. The molecule has 1 aliphatic carbocycles. The van der Waals surface area contributed by atoms with Gasteiger partial charge >= 0.3 is 5.97 Å². The molecule has 2 amide bonds. The standard InChI is InChI=1S/C20H33N3O4/c1-27-20(26)16-2-4-17(5-3-16)22-18(24)14-8-12-23(13-9-14)19(25)15-6-10-21-11-7-15/h14-17,21H,2-13H2,1H3,(H,22,24). The van der Waals surface area contributed by atoms with E-state index < -0.39 is 0 Å². The monoisotopic (exact) mass is 379 g/mol. The highest BCUT2D eigenvalue weighted by Crippen LogP contribution is 2.27. The van der Waals surface area contributed by atoms with Crippen molar-refractivity contribution in [2.24, 2.45) is 17.8 Å². The van der Waals surface area contributed by atoms with Crippen molar-refractivity contribution in [3.05, 3.63) is 0 Å². The lowest BCUT2D eigenvalue weighted by atomic mass is 9.85. The molecule has 2 saturated heterocycles. The molecule has 0 bridgehead atoms. The molecule has 0 aromatic carbocycles. The quantitative estimate of drug-likeness (QED) is 0.714. The number of hydrogen-bond acceptors (Lipinski definition) is 5. The zero-order valence-corrected chi connectivity index (χ0v) is 16.4. The minimum Gasteiger partial charge on any atom is -0.469 e. The van der Waals surface area contributed by atoms with Gasteiger partial charge in [-0.15, -0.1) is 0 Å². The lowest BCUT2D eigenvalue weighted by molar-refractivity contribution is -0.146. The van der Waals surface area contributed by atoms with E-state index in [9.17, 15) is 14.4 Å². The number of nitrogens with one attached hydrogen (secondary N) is 2. The Morgan fingerprint density at radius 3 is 2.07 bits per heavy atom. The average Bonchev–Trinajstić information content (AvgIpc) is 2.74. The van der Waals surface area contributed by atoms with Gasteiger partial charge in [-0.1, -0.05) is 0 Å². The summed E-state index contributed by atoms with van der Waals surface area (Å²) in [6, 6.07) is 0.160. The lowest BCUT2D eigenvalue weighted by Crippen LogP contribution is -2.48. The molecule has 2 heterocycles. The molecule has 27 heavy (non-hydrogen) atoms. The Bertz CT molecular complexity index is 531. The smallest absolute Gasteiger partial charge is 0.308 e. The highest BCUT2D eigenvalue weighted by Gasteiger charge is 2.33. The maximum Gasteiger partial charge on any atom is 0.308 e. The van der Waals surface area contributed by atoms with Gasteiger partial charge in [0.25, 0.3) is 0 Å². The Kier molecular flexibility index (Phi) is 7.10. The second-order valence-electron chi connectivity index (χ2n) is 8.20. The summed E-state index contributed by atoms with van der Waals surface area (Å²) in [5.74, 6) is 0.391. The van der Waals surface area contributed by atoms with Crippen LogP contribution in [0.5, 0.6) is 0 Å².